The van der Waals surface area contributed by atoms with Crippen molar-refractivity contribution in [3.05, 3.63) is 79.7 Å². The number of esters is 2. The largest absolute Gasteiger partial charge is 0.469 e. The minimum atomic E-state index is -1.22. The number of halogens is 3. The summed E-state index contributed by atoms with van der Waals surface area (Å²) in [4.78, 5) is 34.6. The number of carbonyl (C=O) groups is 2. The number of aliphatic imine (C=N–C) groups is 1. The van der Waals surface area contributed by atoms with Crippen molar-refractivity contribution >= 4 is 40.7 Å². The lowest BCUT2D eigenvalue weighted by atomic mass is 9.81. The lowest BCUT2D eigenvalue weighted by molar-refractivity contribution is -0.143. The fourth-order valence-electron chi connectivity index (χ4n) is 5.31. The first-order valence-electron chi connectivity index (χ1n) is 13.5. The van der Waals surface area contributed by atoms with Crippen LogP contribution in [0.2, 0.25) is 5.02 Å². The number of thiazole rings is 1. The highest BCUT2D eigenvalue weighted by Crippen LogP contribution is 2.41. The van der Waals surface area contributed by atoms with Crippen LogP contribution in [0.1, 0.15) is 68.9 Å². The molecule has 0 saturated carbocycles. The fraction of sp³-hybridized carbons (Fsp3) is 0.433. The molecule has 1 N–H and O–H groups in total. The van der Waals surface area contributed by atoms with Crippen molar-refractivity contribution in [2.75, 3.05) is 13.7 Å². The molecule has 3 aromatic rings. The molecule has 230 valence electrons. The van der Waals surface area contributed by atoms with E-state index in [4.69, 9.17) is 31.2 Å². The monoisotopic (exact) mass is 633 g/mol. The summed E-state index contributed by atoms with van der Waals surface area (Å²) in [6, 6.07) is 1.24. The van der Waals surface area contributed by atoms with E-state index >= 15 is 0 Å². The lowest BCUT2D eigenvalue weighted by Crippen LogP contribution is -2.38. The number of aryl methyl sites for hydroxylation is 1. The molecule has 0 spiro atoms. The highest BCUT2D eigenvalue weighted by molar-refractivity contribution is 7.11. The smallest absolute Gasteiger partial charge is 0.338 e. The number of aromatic nitrogens is 3. The third-order valence-electron chi connectivity index (χ3n) is 7.47. The van der Waals surface area contributed by atoms with Crippen LogP contribution in [-0.4, -0.2) is 46.3 Å². The number of nitrogens with one attached hydrogen (secondary N) is 1. The molecule has 0 amide bonds. The van der Waals surface area contributed by atoms with Crippen LogP contribution in [0, 0.1) is 17.6 Å². The van der Waals surface area contributed by atoms with E-state index in [2.05, 4.69) is 10.3 Å². The van der Waals surface area contributed by atoms with Gasteiger partial charge in [-0.3, -0.25) is 14.5 Å². The molecule has 1 aromatic carbocycles. The summed E-state index contributed by atoms with van der Waals surface area (Å²) in [5.74, 6) is -3.09. The summed E-state index contributed by atoms with van der Waals surface area (Å²) in [6.07, 6.45) is 5.48. The Hall–Kier alpha value is -3.64. The minimum absolute atomic E-state index is 0. The van der Waals surface area contributed by atoms with Crippen LogP contribution in [0.3, 0.4) is 0 Å². The zero-order chi connectivity index (χ0) is 30.2. The number of amidine groups is 1. The average Bonchev–Trinajstić information content (AvgIpc) is 3.66. The van der Waals surface area contributed by atoms with Gasteiger partial charge in [0, 0.05) is 35.0 Å². The molecule has 13 heteroatoms. The van der Waals surface area contributed by atoms with Crippen molar-refractivity contribution in [3.63, 3.8) is 0 Å². The number of fused-ring (bicyclic) bond motifs is 1. The highest BCUT2D eigenvalue weighted by atomic mass is 35.5. The molecule has 2 aromatic heterocycles. The Bertz CT molecular complexity index is 1590. The number of allylic oxidation sites excluding steroid dienone is 1. The van der Waals surface area contributed by atoms with Gasteiger partial charge in [0.2, 0.25) is 0 Å². The van der Waals surface area contributed by atoms with Crippen molar-refractivity contribution in [1.29, 1.82) is 0 Å². The van der Waals surface area contributed by atoms with Crippen LogP contribution in [-0.2, 0) is 37.4 Å². The predicted molar refractivity (Wildman–Crippen MR) is 160 cm³/mol. The number of benzene rings is 1. The molecule has 0 bridgehead atoms. The fourth-order valence-corrected chi connectivity index (χ4v) is 6.16. The van der Waals surface area contributed by atoms with Crippen molar-refractivity contribution in [2.45, 2.75) is 65.5 Å². The van der Waals surface area contributed by atoms with Crippen LogP contribution in [0.4, 0.5) is 8.78 Å². The first-order chi connectivity index (χ1) is 20.0. The van der Waals surface area contributed by atoms with Crippen LogP contribution in [0.25, 0.3) is 0 Å². The molecule has 1 aliphatic heterocycles. The third kappa shape index (κ3) is 6.35. The second-order valence-electron chi connectivity index (χ2n) is 10.7. The molecule has 43 heavy (non-hydrogen) atoms. The van der Waals surface area contributed by atoms with E-state index in [9.17, 15) is 18.4 Å². The van der Waals surface area contributed by atoms with Gasteiger partial charge < -0.3 is 14.8 Å². The number of ether oxygens (including phenoxy) is 2. The lowest BCUT2D eigenvalue weighted by Gasteiger charge is -2.33. The summed E-state index contributed by atoms with van der Waals surface area (Å²) in [5, 5.41) is 10.0. The highest BCUT2D eigenvalue weighted by Gasteiger charge is 2.39. The number of carbonyl (C=O) groups excluding carboxylic acids is 2. The van der Waals surface area contributed by atoms with E-state index in [0.717, 1.165) is 17.3 Å². The molecular weight excluding hydrogens is 600 g/mol. The Kier molecular flexibility index (Phi) is 9.70. The summed E-state index contributed by atoms with van der Waals surface area (Å²) in [7, 11) is 1.35. The SMILES string of the molecule is C.CCOC(=O)C1=C(C2CCc3nn(C(C)(C)CC(=O)OC)cc3C2)NC(c2nccs2)=NC1c1ccc(F)c(F)c1Cl. The number of nitrogens with zero attached hydrogens (tertiary/aromatic N) is 4. The Labute approximate surface area is 258 Å². The molecule has 3 heterocycles. The quantitative estimate of drug-likeness (QED) is 0.242. The first-order valence-corrected chi connectivity index (χ1v) is 14.7. The molecule has 0 radical (unpaired) electrons. The normalized spacial score (nSPS) is 18.3. The number of rotatable bonds is 8. The van der Waals surface area contributed by atoms with Gasteiger partial charge in [-0.05, 0) is 51.7 Å². The van der Waals surface area contributed by atoms with Gasteiger partial charge in [0.25, 0.3) is 0 Å². The molecule has 0 fully saturated rings. The third-order valence-corrected chi connectivity index (χ3v) is 8.63. The van der Waals surface area contributed by atoms with Gasteiger partial charge in [-0.2, -0.15) is 5.10 Å². The number of hydrogen-bond acceptors (Lipinski definition) is 9. The maximum atomic E-state index is 14.7. The standard InChI is InChI=1S/C29H30ClF2N5O4S.CH4/c1-5-41-28(39)21-24(15-6-9-19-16(12-15)14-37(36-19)29(2,3)13-20(38)40-4)34-26(27-33-10-11-42-27)35-25(21)17-7-8-18(31)23(32)22(17)30;/h7-8,10-11,14-15,25H,5-6,9,12-13H2,1-4H3,(H,34,35);1H4. The van der Waals surface area contributed by atoms with Crippen LogP contribution in [0.15, 0.2) is 46.2 Å². The van der Waals surface area contributed by atoms with Gasteiger partial charge in [0.05, 0.1) is 42.0 Å². The van der Waals surface area contributed by atoms with Gasteiger partial charge >= 0.3 is 11.9 Å². The van der Waals surface area contributed by atoms with E-state index < -0.39 is 34.2 Å². The van der Waals surface area contributed by atoms with E-state index in [1.165, 1.54) is 24.5 Å². The molecule has 2 aliphatic rings. The first kappa shape index (κ1) is 32.3. The topological polar surface area (TPSA) is 108 Å². The van der Waals surface area contributed by atoms with Crippen LogP contribution in [0.5, 0.6) is 0 Å². The molecule has 1 aliphatic carbocycles. The Morgan fingerprint density at radius 2 is 2.05 bits per heavy atom. The number of hydrogen-bond donors (Lipinski definition) is 1. The van der Waals surface area contributed by atoms with Gasteiger partial charge in [-0.1, -0.05) is 25.1 Å². The second kappa shape index (κ2) is 12.9. The van der Waals surface area contributed by atoms with Crippen molar-refractivity contribution in [3.8, 4) is 0 Å². The van der Waals surface area contributed by atoms with Crippen molar-refractivity contribution in [2.24, 2.45) is 10.9 Å². The summed E-state index contributed by atoms with van der Waals surface area (Å²) in [5.41, 5.74) is 2.15. The zero-order valence-electron chi connectivity index (χ0n) is 23.5. The van der Waals surface area contributed by atoms with Crippen LogP contribution >= 0.6 is 22.9 Å². The minimum Gasteiger partial charge on any atom is -0.469 e. The van der Waals surface area contributed by atoms with E-state index in [-0.39, 0.29) is 43.5 Å². The maximum absolute atomic E-state index is 14.7. The van der Waals surface area contributed by atoms with Gasteiger partial charge in [0.1, 0.15) is 6.04 Å². The summed E-state index contributed by atoms with van der Waals surface area (Å²) in [6.45, 7) is 5.62. The van der Waals surface area contributed by atoms with Gasteiger partial charge in [-0.15, -0.1) is 11.3 Å². The van der Waals surface area contributed by atoms with Gasteiger partial charge in [-0.25, -0.2) is 18.6 Å². The predicted octanol–water partition coefficient (Wildman–Crippen LogP) is 5.92. The molecule has 9 nitrogen and oxygen atoms in total. The van der Waals surface area contributed by atoms with Crippen molar-refractivity contribution < 1.29 is 27.8 Å². The Morgan fingerprint density at radius 1 is 1.28 bits per heavy atom. The molecule has 0 saturated heterocycles. The average molecular weight is 634 g/mol. The second-order valence-corrected chi connectivity index (χ2v) is 12.0. The van der Waals surface area contributed by atoms with E-state index in [1.54, 1.807) is 23.2 Å². The summed E-state index contributed by atoms with van der Waals surface area (Å²) >= 11 is 7.65. The molecular formula is C30H34ClF2N5O4S. The van der Waals surface area contributed by atoms with Crippen molar-refractivity contribution in [1.82, 2.24) is 20.1 Å². The van der Waals surface area contributed by atoms with E-state index in [1.807, 2.05) is 20.0 Å². The molecule has 2 unspecified atom stereocenters. The Morgan fingerprint density at radius 3 is 2.72 bits per heavy atom. The van der Waals surface area contributed by atoms with E-state index in [0.29, 0.717) is 35.8 Å². The Balaban J connectivity index is 0.00000423. The summed E-state index contributed by atoms with van der Waals surface area (Å²) < 4.78 is 40.8. The molecule has 2 atom stereocenters. The van der Waals surface area contributed by atoms with Gasteiger partial charge in [0.15, 0.2) is 22.5 Å². The number of methoxy groups -OCH3 is 1. The van der Waals surface area contributed by atoms with Crippen LogP contribution < -0.4 is 5.32 Å². The molecule has 5 rings (SSSR count). The maximum Gasteiger partial charge on any atom is 0.338 e. The zero-order valence-corrected chi connectivity index (χ0v) is 25.1.